The highest BCUT2D eigenvalue weighted by atomic mass is 32.2. The summed E-state index contributed by atoms with van der Waals surface area (Å²) in [5, 5.41) is 2.76. The lowest BCUT2D eigenvalue weighted by Crippen LogP contribution is -2.30. The van der Waals surface area contributed by atoms with Crippen molar-refractivity contribution in [1.29, 1.82) is 0 Å². The molecule has 0 aromatic heterocycles. The minimum Gasteiger partial charge on any atom is -0.336 e. The van der Waals surface area contributed by atoms with Crippen LogP contribution in [0.15, 0.2) is 0 Å². The number of hydrogen-bond acceptors (Lipinski definition) is 3. The van der Waals surface area contributed by atoms with Crippen LogP contribution in [0.4, 0.5) is 4.79 Å². The van der Waals surface area contributed by atoms with E-state index in [0.717, 1.165) is 37.7 Å². The molecule has 1 fully saturated rings. The summed E-state index contributed by atoms with van der Waals surface area (Å²) >= 11 is 1.80. The third-order valence-corrected chi connectivity index (χ3v) is 2.71. The fourth-order valence-electron chi connectivity index (χ4n) is 1.08. The summed E-state index contributed by atoms with van der Waals surface area (Å²) in [5.74, 6) is 1.97. The zero-order valence-corrected chi connectivity index (χ0v) is 7.90. The average molecular weight is 189 g/mol. The summed E-state index contributed by atoms with van der Waals surface area (Å²) in [7, 11) is 0. The van der Waals surface area contributed by atoms with Crippen molar-refractivity contribution in [2.45, 2.75) is 0 Å². The summed E-state index contributed by atoms with van der Waals surface area (Å²) in [5.41, 5.74) is 5.34. The molecule has 0 radical (unpaired) electrons. The van der Waals surface area contributed by atoms with Crippen molar-refractivity contribution < 1.29 is 4.79 Å². The average Bonchev–Trinajstić information content (AvgIpc) is 2.46. The van der Waals surface area contributed by atoms with E-state index in [1.54, 1.807) is 11.8 Å². The Labute approximate surface area is 76.9 Å². The van der Waals surface area contributed by atoms with Gasteiger partial charge in [-0.2, -0.15) is 11.8 Å². The molecule has 0 aromatic rings. The Balaban J connectivity index is 2.02. The first-order valence-corrected chi connectivity index (χ1v) is 5.30. The topological polar surface area (TPSA) is 58.4 Å². The van der Waals surface area contributed by atoms with Crippen molar-refractivity contribution >= 4 is 17.8 Å². The van der Waals surface area contributed by atoms with E-state index in [0.29, 0.717) is 0 Å². The highest BCUT2D eigenvalue weighted by molar-refractivity contribution is 7.99. The van der Waals surface area contributed by atoms with E-state index in [9.17, 15) is 4.79 Å². The standard InChI is InChI=1S/C7H15N3OS/c8-1-5-12-6-4-10-3-2-9-7(10)11/h1-6,8H2,(H,9,11). The van der Waals surface area contributed by atoms with Gasteiger partial charge in [0.25, 0.3) is 0 Å². The molecule has 12 heavy (non-hydrogen) atoms. The minimum absolute atomic E-state index is 0.0725. The second kappa shape index (κ2) is 5.27. The predicted octanol–water partition coefficient (Wildman–Crippen LogP) is -0.296. The molecular weight excluding hydrogens is 174 g/mol. The van der Waals surface area contributed by atoms with Crippen molar-refractivity contribution in [3.63, 3.8) is 0 Å². The van der Waals surface area contributed by atoms with E-state index in [1.807, 2.05) is 4.90 Å². The van der Waals surface area contributed by atoms with Crippen LogP contribution < -0.4 is 11.1 Å². The van der Waals surface area contributed by atoms with Crippen molar-refractivity contribution in [2.24, 2.45) is 5.73 Å². The summed E-state index contributed by atoms with van der Waals surface area (Å²) in [6.07, 6.45) is 0. The van der Waals surface area contributed by atoms with Gasteiger partial charge in [-0.05, 0) is 0 Å². The third-order valence-electron chi connectivity index (χ3n) is 1.71. The van der Waals surface area contributed by atoms with E-state index >= 15 is 0 Å². The normalized spacial score (nSPS) is 16.8. The van der Waals surface area contributed by atoms with Gasteiger partial charge in [0.2, 0.25) is 0 Å². The lowest BCUT2D eigenvalue weighted by atomic mass is 10.6. The van der Waals surface area contributed by atoms with Crippen LogP contribution in [0, 0.1) is 0 Å². The molecule has 2 amide bonds. The maximum absolute atomic E-state index is 11.0. The second-order valence-electron chi connectivity index (χ2n) is 2.62. The summed E-state index contributed by atoms with van der Waals surface area (Å²) in [4.78, 5) is 12.9. The number of amides is 2. The number of urea groups is 1. The maximum atomic E-state index is 11.0. The molecule has 0 atom stereocenters. The van der Waals surface area contributed by atoms with Crippen LogP contribution in [-0.2, 0) is 0 Å². The van der Waals surface area contributed by atoms with Crippen molar-refractivity contribution in [1.82, 2.24) is 10.2 Å². The molecule has 1 aliphatic heterocycles. The lowest BCUT2D eigenvalue weighted by Gasteiger charge is -2.12. The number of carbonyl (C=O) groups excluding carboxylic acids is 1. The third kappa shape index (κ3) is 2.91. The summed E-state index contributed by atoms with van der Waals surface area (Å²) in [6, 6.07) is 0.0725. The molecule has 4 nitrogen and oxygen atoms in total. The molecule has 0 bridgehead atoms. The van der Waals surface area contributed by atoms with Crippen LogP contribution in [-0.4, -0.2) is 48.6 Å². The molecule has 0 saturated carbocycles. The number of carbonyl (C=O) groups is 1. The van der Waals surface area contributed by atoms with E-state index in [4.69, 9.17) is 5.73 Å². The van der Waals surface area contributed by atoms with Crippen LogP contribution in [0.1, 0.15) is 0 Å². The number of rotatable bonds is 5. The smallest absolute Gasteiger partial charge is 0.317 e. The second-order valence-corrected chi connectivity index (χ2v) is 3.84. The molecule has 0 aromatic carbocycles. The molecule has 0 spiro atoms. The number of nitrogens with two attached hydrogens (primary N) is 1. The zero-order chi connectivity index (χ0) is 8.81. The van der Waals surface area contributed by atoms with Gasteiger partial charge in [-0.1, -0.05) is 0 Å². The van der Waals surface area contributed by atoms with Gasteiger partial charge >= 0.3 is 6.03 Å². The quantitative estimate of drug-likeness (QED) is 0.584. The molecular formula is C7H15N3OS. The van der Waals surface area contributed by atoms with Crippen LogP contribution in [0.25, 0.3) is 0 Å². The molecule has 5 heteroatoms. The SMILES string of the molecule is NCCSCCN1CCNC1=O. The molecule has 70 valence electrons. The Morgan fingerprint density at radius 2 is 2.42 bits per heavy atom. The van der Waals surface area contributed by atoms with Crippen LogP contribution in [0.2, 0.25) is 0 Å². The van der Waals surface area contributed by atoms with E-state index in [-0.39, 0.29) is 6.03 Å². The van der Waals surface area contributed by atoms with Crippen LogP contribution >= 0.6 is 11.8 Å². The first-order valence-electron chi connectivity index (χ1n) is 4.15. The largest absolute Gasteiger partial charge is 0.336 e. The number of thioether (sulfide) groups is 1. The van der Waals surface area contributed by atoms with Gasteiger partial charge < -0.3 is 16.0 Å². The molecule has 3 N–H and O–H groups in total. The Morgan fingerprint density at radius 3 is 3.00 bits per heavy atom. The van der Waals surface area contributed by atoms with Crippen molar-refractivity contribution in [3.05, 3.63) is 0 Å². The molecule has 0 unspecified atom stereocenters. The molecule has 1 rings (SSSR count). The Hall–Kier alpha value is -0.420. The molecule has 1 aliphatic rings. The van der Waals surface area contributed by atoms with Crippen molar-refractivity contribution in [2.75, 3.05) is 37.7 Å². The number of hydrogen-bond donors (Lipinski definition) is 2. The number of nitrogens with zero attached hydrogens (tertiary/aromatic N) is 1. The summed E-state index contributed by atoms with van der Waals surface area (Å²) in [6.45, 7) is 3.20. The predicted molar refractivity (Wildman–Crippen MR) is 51.4 cm³/mol. The molecule has 1 saturated heterocycles. The Kier molecular flexibility index (Phi) is 4.24. The molecule has 1 heterocycles. The minimum atomic E-state index is 0.0725. The highest BCUT2D eigenvalue weighted by Gasteiger charge is 2.17. The Morgan fingerprint density at radius 1 is 1.58 bits per heavy atom. The van der Waals surface area contributed by atoms with Gasteiger partial charge in [0.15, 0.2) is 0 Å². The number of nitrogens with one attached hydrogen (secondary N) is 1. The highest BCUT2D eigenvalue weighted by Crippen LogP contribution is 2.02. The van der Waals surface area contributed by atoms with E-state index in [2.05, 4.69) is 5.32 Å². The van der Waals surface area contributed by atoms with Gasteiger partial charge in [0.1, 0.15) is 0 Å². The van der Waals surface area contributed by atoms with Gasteiger partial charge in [-0.3, -0.25) is 0 Å². The Bertz CT molecular complexity index is 154. The van der Waals surface area contributed by atoms with E-state index in [1.165, 1.54) is 0 Å². The fraction of sp³-hybridized carbons (Fsp3) is 0.857. The first-order chi connectivity index (χ1) is 5.84. The van der Waals surface area contributed by atoms with E-state index < -0.39 is 0 Å². The van der Waals surface area contributed by atoms with Crippen LogP contribution in [0.5, 0.6) is 0 Å². The molecule has 0 aliphatic carbocycles. The lowest BCUT2D eigenvalue weighted by molar-refractivity contribution is 0.220. The van der Waals surface area contributed by atoms with Gasteiger partial charge in [0.05, 0.1) is 0 Å². The van der Waals surface area contributed by atoms with Gasteiger partial charge in [-0.25, -0.2) is 4.79 Å². The van der Waals surface area contributed by atoms with Crippen molar-refractivity contribution in [3.8, 4) is 0 Å². The maximum Gasteiger partial charge on any atom is 0.317 e. The van der Waals surface area contributed by atoms with Crippen LogP contribution in [0.3, 0.4) is 0 Å². The first kappa shape index (κ1) is 9.67. The monoisotopic (exact) mass is 189 g/mol. The van der Waals surface area contributed by atoms with Gasteiger partial charge in [0, 0.05) is 37.7 Å². The zero-order valence-electron chi connectivity index (χ0n) is 7.08. The van der Waals surface area contributed by atoms with Gasteiger partial charge in [-0.15, -0.1) is 0 Å². The fourth-order valence-corrected chi connectivity index (χ4v) is 1.80. The summed E-state index contributed by atoms with van der Waals surface area (Å²) < 4.78 is 0.